The zero-order valence-corrected chi connectivity index (χ0v) is 21.2. The van der Waals surface area contributed by atoms with E-state index in [9.17, 15) is 13.9 Å². The summed E-state index contributed by atoms with van der Waals surface area (Å²) in [6.07, 6.45) is 7.89. The maximum absolute atomic E-state index is 14.8. The van der Waals surface area contributed by atoms with Gasteiger partial charge >= 0.3 is 0 Å². The van der Waals surface area contributed by atoms with Crippen LogP contribution in [0.25, 0.3) is 27.9 Å². The van der Waals surface area contributed by atoms with E-state index in [1.807, 2.05) is 49.2 Å². The molecule has 0 amide bonds. The van der Waals surface area contributed by atoms with E-state index in [0.717, 1.165) is 60.2 Å². The number of aromatic nitrogens is 3. The van der Waals surface area contributed by atoms with Crippen LogP contribution in [0.15, 0.2) is 67.1 Å². The second-order valence-corrected chi connectivity index (χ2v) is 9.09. The molecule has 0 aliphatic carbocycles. The predicted molar refractivity (Wildman–Crippen MR) is 140 cm³/mol. The number of hydrogen-bond donors (Lipinski definition) is 1. The number of benzene rings is 2. The Hall–Kier alpha value is -3.16. The lowest BCUT2D eigenvalue weighted by Gasteiger charge is -2.30. The van der Waals surface area contributed by atoms with Gasteiger partial charge in [-0.15, -0.1) is 0 Å². The summed E-state index contributed by atoms with van der Waals surface area (Å²) in [6, 6.07) is 14.1. The fourth-order valence-corrected chi connectivity index (χ4v) is 4.59. The van der Waals surface area contributed by atoms with Crippen LogP contribution in [0.5, 0.6) is 0 Å². The van der Waals surface area contributed by atoms with Crippen LogP contribution in [0.2, 0.25) is 0 Å². The predicted octanol–water partition coefficient (Wildman–Crippen LogP) is 6.72. The van der Waals surface area contributed by atoms with Crippen LogP contribution in [0.1, 0.15) is 57.3 Å². The van der Waals surface area contributed by atoms with Crippen LogP contribution in [0.3, 0.4) is 0 Å². The molecule has 36 heavy (non-hydrogen) atoms. The zero-order valence-electron chi connectivity index (χ0n) is 21.2. The zero-order chi connectivity index (χ0) is 25.7. The van der Waals surface area contributed by atoms with E-state index in [1.165, 1.54) is 12.1 Å². The molecule has 2 aromatic heterocycles. The molecule has 1 fully saturated rings. The van der Waals surface area contributed by atoms with Crippen molar-refractivity contribution in [3.05, 3.63) is 78.2 Å². The molecule has 1 saturated heterocycles. The third-order valence-electron chi connectivity index (χ3n) is 6.55. The molecule has 3 heterocycles. The first-order valence-electron chi connectivity index (χ1n) is 12.7. The van der Waals surface area contributed by atoms with Crippen LogP contribution in [-0.4, -0.2) is 44.2 Å². The summed E-state index contributed by atoms with van der Waals surface area (Å²) in [7, 11) is 0. The highest BCUT2D eigenvalue weighted by Crippen LogP contribution is 2.32. The number of halogens is 2. The number of fused-ring (bicyclic) bond motifs is 1. The third kappa shape index (κ3) is 5.63. The van der Waals surface area contributed by atoms with Gasteiger partial charge in [0.15, 0.2) is 5.65 Å². The molecule has 1 aliphatic rings. The lowest BCUT2D eigenvalue weighted by molar-refractivity contribution is -0.0415. The van der Waals surface area contributed by atoms with Crippen molar-refractivity contribution in [2.75, 3.05) is 19.6 Å². The molecule has 0 spiro atoms. The number of rotatable bonds is 6. The summed E-state index contributed by atoms with van der Waals surface area (Å²) in [5.74, 6) is -2.88. The van der Waals surface area contributed by atoms with Gasteiger partial charge in [0.2, 0.25) is 0 Å². The molecule has 1 aliphatic heterocycles. The molecular weight excluding hydrogens is 458 g/mol. The van der Waals surface area contributed by atoms with Gasteiger partial charge in [0, 0.05) is 29.1 Å². The summed E-state index contributed by atoms with van der Waals surface area (Å²) >= 11 is 0. The first-order chi connectivity index (χ1) is 17.4. The Labute approximate surface area is 211 Å². The molecule has 5 rings (SSSR count). The van der Waals surface area contributed by atoms with Crippen molar-refractivity contribution in [2.24, 2.45) is 0 Å². The van der Waals surface area contributed by atoms with Crippen molar-refractivity contribution in [3.63, 3.8) is 0 Å². The first kappa shape index (κ1) is 25.9. The van der Waals surface area contributed by atoms with E-state index >= 15 is 0 Å². The van der Waals surface area contributed by atoms with Gasteiger partial charge in [0.1, 0.15) is 0 Å². The van der Waals surface area contributed by atoms with E-state index in [2.05, 4.69) is 10.1 Å². The molecule has 0 radical (unpaired) electrons. The van der Waals surface area contributed by atoms with Crippen LogP contribution >= 0.6 is 0 Å². The molecular formula is C29H34F2N4O. The highest BCUT2D eigenvalue weighted by atomic mass is 19.3. The molecule has 1 N–H and O–H groups in total. The van der Waals surface area contributed by atoms with Gasteiger partial charge in [-0.3, -0.25) is 4.90 Å². The highest BCUT2D eigenvalue weighted by molar-refractivity contribution is 5.78. The average Bonchev–Trinajstić information content (AvgIpc) is 3.34. The molecule has 7 heteroatoms. The second-order valence-electron chi connectivity index (χ2n) is 9.09. The van der Waals surface area contributed by atoms with Crippen molar-refractivity contribution >= 4 is 5.65 Å². The minimum atomic E-state index is -2.88. The summed E-state index contributed by atoms with van der Waals surface area (Å²) in [5.41, 5.74) is 4.94. The number of piperidine rings is 1. The summed E-state index contributed by atoms with van der Waals surface area (Å²) in [4.78, 5) is 6.46. The van der Waals surface area contributed by atoms with Gasteiger partial charge in [-0.1, -0.05) is 62.7 Å². The quantitative estimate of drug-likeness (QED) is 0.325. The van der Waals surface area contributed by atoms with E-state index in [1.54, 1.807) is 36.0 Å². The fourth-order valence-electron chi connectivity index (χ4n) is 4.59. The minimum Gasteiger partial charge on any atom is -0.389 e. The van der Waals surface area contributed by atoms with E-state index in [-0.39, 0.29) is 12.1 Å². The number of likely N-dealkylation sites (tertiary alicyclic amines) is 1. The smallest absolute Gasteiger partial charge is 0.285 e. The van der Waals surface area contributed by atoms with Crippen molar-refractivity contribution in [1.82, 2.24) is 19.5 Å². The third-order valence-corrected chi connectivity index (χ3v) is 6.55. The van der Waals surface area contributed by atoms with E-state index in [4.69, 9.17) is 0 Å². The standard InChI is InChI=1S/C27H28F2N4O.C2H6/c1-19(34)21-6-5-7-22(14-21)25-16-31-33-17-23(15-30-26(25)33)20-8-10-24(11-9-20)27(28,29)18-32-12-3-2-4-13-32;1-2/h5-11,14-17,19,34H,2-4,12-13,18H2,1H3;1-2H3. The Kier molecular flexibility index (Phi) is 8.11. The molecule has 0 bridgehead atoms. The Morgan fingerprint density at radius 3 is 2.36 bits per heavy atom. The van der Waals surface area contributed by atoms with Gasteiger partial charge < -0.3 is 5.11 Å². The van der Waals surface area contributed by atoms with Gasteiger partial charge in [-0.2, -0.15) is 13.9 Å². The second kappa shape index (κ2) is 11.3. The topological polar surface area (TPSA) is 53.7 Å². The lowest BCUT2D eigenvalue weighted by Crippen LogP contribution is -2.38. The van der Waals surface area contributed by atoms with Crippen molar-refractivity contribution < 1.29 is 13.9 Å². The van der Waals surface area contributed by atoms with Crippen molar-refractivity contribution in [3.8, 4) is 22.3 Å². The SMILES string of the molecule is CC.CC(O)c1cccc(-c2cnn3cc(-c4ccc(C(F)(F)CN5CCCCC5)cc4)cnc23)c1. The first-order valence-corrected chi connectivity index (χ1v) is 12.7. The number of aliphatic hydroxyl groups excluding tert-OH is 1. The molecule has 2 aromatic carbocycles. The minimum absolute atomic E-state index is 0.0372. The largest absolute Gasteiger partial charge is 0.389 e. The Morgan fingerprint density at radius 1 is 0.944 bits per heavy atom. The van der Waals surface area contributed by atoms with Gasteiger partial charge in [0.05, 0.1) is 18.8 Å². The Bertz CT molecular complexity index is 1280. The lowest BCUT2D eigenvalue weighted by atomic mass is 10.0. The maximum atomic E-state index is 14.8. The van der Waals surface area contributed by atoms with E-state index < -0.39 is 12.0 Å². The summed E-state index contributed by atoms with van der Waals surface area (Å²) in [6.45, 7) is 6.99. The van der Waals surface area contributed by atoms with Crippen molar-refractivity contribution in [1.29, 1.82) is 0 Å². The van der Waals surface area contributed by atoms with Crippen LogP contribution in [-0.2, 0) is 5.92 Å². The van der Waals surface area contributed by atoms with Crippen molar-refractivity contribution in [2.45, 2.75) is 52.1 Å². The number of hydrogen-bond acceptors (Lipinski definition) is 4. The molecule has 4 aromatic rings. The number of aliphatic hydroxyl groups is 1. The fraction of sp³-hybridized carbons (Fsp3) is 0.379. The molecule has 190 valence electrons. The number of nitrogens with zero attached hydrogens (tertiary/aromatic N) is 4. The summed E-state index contributed by atoms with van der Waals surface area (Å²) in [5, 5.41) is 14.3. The maximum Gasteiger partial charge on any atom is 0.285 e. The Morgan fingerprint density at radius 2 is 1.67 bits per heavy atom. The molecule has 1 atom stereocenters. The summed E-state index contributed by atoms with van der Waals surface area (Å²) < 4.78 is 31.4. The molecule has 0 saturated carbocycles. The number of alkyl halides is 2. The molecule has 5 nitrogen and oxygen atoms in total. The van der Waals surface area contributed by atoms with Crippen LogP contribution < -0.4 is 0 Å². The van der Waals surface area contributed by atoms with Gasteiger partial charge in [-0.05, 0) is 55.6 Å². The average molecular weight is 493 g/mol. The van der Waals surface area contributed by atoms with Crippen LogP contribution in [0, 0.1) is 0 Å². The monoisotopic (exact) mass is 492 g/mol. The Balaban J connectivity index is 0.00000148. The van der Waals surface area contributed by atoms with E-state index in [0.29, 0.717) is 5.65 Å². The van der Waals surface area contributed by atoms with Gasteiger partial charge in [0.25, 0.3) is 5.92 Å². The molecule has 1 unspecified atom stereocenters. The van der Waals surface area contributed by atoms with Crippen LogP contribution in [0.4, 0.5) is 8.78 Å². The normalized spacial score (nSPS) is 15.4. The van der Waals surface area contributed by atoms with Gasteiger partial charge in [-0.25, -0.2) is 9.50 Å². The highest BCUT2D eigenvalue weighted by Gasteiger charge is 2.34.